The lowest BCUT2D eigenvalue weighted by Crippen LogP contribution is -2.53. The minimum atomic E-state index is -0.247. The van der Waals surface area contributed by atoms with E-state index in [1.807, 2.05) is 0 Å². The van der Waals surface area contributed by atoms with E-state index in [0.29, 0.717) is 17.4 Å². The Labute approximate surface area is 150 Å². The third-order valence-corrected chi connectivity index (χ3v) is 7.59. The minimum Gasteiger partial charge on any atom is -0.461 e. The van der Waals surface area contributed by atoms with Gasteiger partial charge in [0.25, 0.3) is 0 Å². The molecule has 0 aromatic carbocycles. The zero-order valence-corrected chi connectivity index (χ0v) is 17.0. The third kappa shape index (κ3) is 3.62. The van der Waals surface area contributed by atoms with Crippen molar-refractivity contribution in [3.8, 4) is 0 Å². The monoisotopic (exact) mass is 436 g/mol. The van der Waals surface area contributed by atoms with E-state index in [9.17, 15) is 4.79 Å². The fraction of sp³-hybridized carbons (Fsp3) is 0.824. The molecule has 0 bridgehead atoms. The highest BCUT2D eigenvalue weighted by atomic mass is 79.9. The lowest BCUT2D eigenvalue weighted by molar-refractivity contribution is -0.147. The number of hydrogen-bond donors (Lipinski definition) is 0. The van der Waals surface area contributed by atoms with Crippen molar-refractivity contribution in [2.75, 3.05) is 11.9 Å². The van der Waals surface area contributed by atoms with Crippen molar-refractivity contribution in [1.29, 1.82) is 0 Å². The molecule has 0 N–H and O–H groups in total. The van der Waals surface area contributed by atoms with E-state index in [1.54, 1.807) is 0 Å². The molecule has 2 rings (SSSR count). The molecule has 1 saturated carbocycles. The fourth-order valence-electron chi connectivity index (χ4n) is 3.93. The van der Waals surface area contributed by atoms with Gasteiger partial charge in [-0.05, 0) is 43.1 Å². The van der Waals surface area contributed by atoms with E-state index >= 15 is 0 Å². The number of rotatable bonds is 3. The lowest BCUT2D eigenvalue weighted by Gasteiger charge is -2.52. The molecule has 5 heteroatoms. The van der Waals surface area contributed by atoms with Crippen molar-refractivity contribution in [1.82, 2.24) is 0 Å². The van der Waals surface area contributed by atoms with Crippen molar-refractivity contribution < 1.29 is 14.3 Å². The molecule has 3 nitrogen and oxygen atoms in total. The van der Waals surface area contributed by atoms with Gasteiger partial charge in [-0.2, -0.15) is 0 Å². The van der Waals surface area contributed by atoms with Gasteiger partial charge in [0.05, 0.1) is 11.7 Å². The van der Waals surface area contributed by atoms with Crippen LogP contribution in [-0.4, -0.2) is 34.4 Å². The summed E-state index contributed by atoms with van der Waals surface area (Å²) in [6.45, 7) is 8.67. The molecule has 1 heterocycles. The molecule has 0 aromatic heterocycles. The first kappa shape index (κ1) is 18.5. The van der Waals surface area contributed by atoms with E-state index in [4.69, 9.17) is 9.47 Å². The zero-order valence-electron chi connectivity index (χ0n) is 13.8. The van der Waals surface area contributed by atoms with E-state index < -0.39 is 0 Å². The number of allylic oxidation sites excluding steroid dienone is 1. The number of esters is 1. The standard InChI is InChI=1S/C17H26Br2O3/c1-11(20)21-10-12-5-6-14-16(2,3)15(19)7-8-17(14,4)22-13(12)9-18/h5,13-15H,6-10H2,1-4H3. The first-order chi connectivity index (χ1) is 10.2. The summed E-state index contributed by atoms with van der Waals surface area (Å²) >= 11 is 7.42. The van der Waals surface area contributed by atoms with Crippen LogP contribution in [0.4, 0.5) is 0 Å². The first-order valence-corrected chi connectivity index (χ1v) is 9.94. The maximum absolute atomic E-state index is 11.1. The van der Waals surface area contributed by atoms with Crippen LogP contribution in [0.1, 0.15) is 47.0 Å². The van der Waals surface area contributed by atoms with Crippen molar-refractivity contribution >= 4 is 37.8 Å². The second kappa shape index (κ2) is 6.94. The number of fused-ring (bicyclic) bond motifs is 1. The van der Waals surface area contributed by atoms with Gasteiger partial charge in [-0.25, -0.2) is 0 Å². The number of hydrogen-bond acceptors (Lipinski definition) is 3. The van der Waals surface area contributed by atoms with Gasteiger partial charge in [-0.3, -0.25) is 4.79 Å². The molecular weight excluding hydrogens is 412 g/mol. The Hall–Kier alpha value is 0.130. The molecule has 0 radical (unpaired) electrons. The van der Waals surface area contributed by atoms with Crippen molar-refractivity contribution in [2.24, 2.45) is 11.3 Å². The molecule has 4 atom stereocenters. The molecule has 0 aromatic rings. The summed E-state index contributed by atoms with van der Waals surface area (Å²) in [4.78, 5) is 11.6. The fourth-order valence-corrected chi connectivity index (χ4v) is 5.02. The highest BCUT2D eigenvalue weighted by Crippen LogP contribution is 2.54. The van der Waals surface area contributed by atoms with Gasteiger partial charge in [0, 0.05) is 17.1 Å². The summed E-state index contributed by atoms with van der Waals surface area (Å²) in [5, 5.41) is 0.723. The van der Waals surface area contributed by atoms with Crippen LogP contribution in [0.25, 0.3) is 0 Å². The van der Waals surface area contributed by atoms with Crippen LogP contribution in [0.15, 0.2) is 11.6 Å². The van der Waals surface area contributed by atoms with Gasteiger partial charge >= 0.3 is 5.97 Å². The van der Waals surface area contributed by atoms with E-state index in [2.05, 4.69) is 58.7 Å². The van der Waals surface area contributed by atoms with Crippen LogP contribution in [0.5, 0.6) is 0 Å². The average molecular weight is 438 g/mol. The Kier molecular flexibility index (Phi) is 5.82. The predicted molar refractivity (Wildman–Crippen MR) is 95.6 cm³/mol. The minimum absolute atomic E-state index is 0.0305. The molecular formula is C17H26Br2O3. The summed E-state index contributed by atoms with van der Waals surface area (Å²) in [6, 6.07) is 0. The van der Waals surface area contributed by atoms with E-state index in [0.717, 1.165) is 30.2 Å². The Morgan fingerprint density at radius 1 is 1.45 bits per heavy atom. The maximum atomic E-state index is 11.1. The van der Waals surface area contributed by atoms with Gasteiger partial charge in [0.1, 0.15) is 6.61 Å². The quantitative estimate of drug-likeness (QED) is 0.367. The molecule has 0 saturated heterocycles. The largest absolute Gasteiger partial charge is 0.461 e. The Morgan fingerprint density at radius 3 is 2.73 bits per heavy atom. The summed E-state index contributed by atoms with van der Waals surface area (Å²) < 4.78 is 11.8. The highest BCUT2D eigenvalue weighted by molar-refractivity contribution is 9.09. The number of alkyl halides is 2. The SMILES string of the molecule is CC(=O)OCC1=CCC2C(C)(CCC(Br)C2(C)C)OC1CBr. The molecule has 1 aliphatic carbocycles. The second-order valence-electron chi connectivity index (χ2n) is 7.25. The second-order valence-corrected chi connectivity index (χ2v) is 9.00. The molecule has 126 valence electrons. The Morgan fingerprint density at radius 2 is 2.14 bits per heavy atom. The molecule has 0 amide bonds. The summed E-state index contributed by atoms with van der Waals surface area (Å²) in [5.74, 6) is 0.192. The lowest BCUT2D eigenvalue weighted by atomic mass is 9.60. The molecule has 1 aliphatic heterocycles. The van der Waals surface area contributed by atoms with Crippen molar-refractivity contribution in [3.05, 3.63) is 11.6 Å². The van der Waals surface area contributed by atoms with Crippen LogP contribution in [-0.2, 0) is 14.3 Å². The van der Waals surface area contributed by atoms with Crippen molar-refractivity contribution in [3.63, 3.8) is 0 Å². The van der Waals surface area contributed by atoms with Crippen LogP contribution in [0.3, 0.4) is 0 Å². The van der Waals surface area contributed by atoms with Crippen LogP contribution < -0.4 is 0 Å². The average Bonchev–Trinajstić information content (AvgIpc) is 2.58. The number of carbonyl (C=O) groups is 1. The van der Waals surface area contributed by atoms with Crippen molar-refractivity contribution in [2.45, 2.75) is 63.5 Å². The molecule has 22 heavy (non-hydrogen) atoms. The topological polar surface area (TPSA) is 35.5 Å². The van der Waals surface area contributed by atoms with Gasteiger partial charge in [-0.1, -0.05) is 51.8 Å². The third-order valence-electron chi connectivity index (χ3n) is 5.36. The Balaban J connectivity index is 2.27. The number of ether oxygens (including phenoxy) is 2. The summed E-state index contributed by atoms with van der Waals surface area (Å²) in [6.07, 6.45) is 5.34. The highest BCUT2D eigenvalue weighted by Gasteiger charge is 2.52. The molecule has 2 aliphatic rings. The van der Waals surface area contributed by atoms with E-state index in [1.165, 1.54) is 6.92 Å². The van der Waals surface area contributed by atoms with Gasteiger partial charge < -0.3 is 9.47 Å². The van der Waals surface area contributed by atoms with Gasteiger partial charge in [-0.15, -0.1) is 0 Å². The number of carbonyl (C=O) groups excluding carboxylic acids is 1. The first-order valence-electron chi connectivity index (χ1n) is 7.91. The Bertz CT molecular complexity index is 461. The van der Waals surface area contributed by atoms with Crippen LogP contribution in [0, 0.1) is 11.3 Å². The normalized spacial score (nSPS) is 37.7. The van der Waals surface area contributed by atoms with Gasteiger partial charge in [0.2, 0.25) is 0 Å². The zero-order chi connectivity index (χ0) is 16.5. The van der Waals surface area contributed by atoms with Gasteiger partial charge in [0.15, 0.2) is 0 Å². The van der Waals surface area contributed by atoms with E-state index in [-0.39, 0.29) is 23.1 Å². The smallest absolute Gasteiger partial charge is 0.302 e. The molecule has 0 spiro atoms. The van der Waals surface area contributed by atoms with Crippen LogP contribution >= 0.6 is 31.9 Å². The number of halogens is 2. The van der Waals surface area contributed by atoms with Crippen LogP contribution in [0.2, 0.25) is 0 Å². The summed E-state index contributed by atoms with van der Waals surface area (Å²) in [7, 11) is 0. The molecule has 1 fully saturated rings. The predicted octanol–water partition coefficient (Wildman–Crippen LogP) is 4.62. The maximum Gasteiger partial charge on any atom is 0.302 e. The molecule has 4 unspecified atom stereocenters. The summed E-state index contributed by atoms with van der Waals surface area (Å²) in [5.41, 5.74) is 1.10.